The Bertz CT molecular complexity index is 754. The fraction of sp³-hybridized carbons (Fsp3) is 0.263. The smallest absolute Gasteiger partial charge is 0.262 e. The summed E-state index contributed by atoms with van der Waals surface area (Å²) in [6.45, 7) is 2.58. The Morgan fingerprint density at radius 2 is 2.00 bits per heavy atom. The first-order valence-corrected chi connectivity index (χ1v) is 8.09. The summed E-state index contributed by atoms with van der Waals surface area (Å²) < 4.78 is 5.64. The van der Waals surface area contributed by atoms with Gasteiger partial charge in [0.2, 0.25) is 0 Å². The zero-order valence-electron chi connectivity index (χ0n) is 13.6. The molecule has 5 heteroatoms. The van der Waals surface area contributed by atoms with Crippen LogP contribution in [0.15, 0.2) is 42.5 Å². The predicted molar refractivity (Wildman–Crippen MR) is 92.4 cm³/mol. The Balaban J connectivity index is 1.62. The van der Waals surface area contributed by atoms with Crippen molar-refractivity contribution in [3.63, 3.8) is 0 Å². The lowest BCUT2D eigenvalue weighted by atomic mass is 9.99. The molecule has 0 spiro atoms. The van der Waals surface area contributed by atoms with E-state index in [4.69, 9.17) is 4.74 Å². The maximum atomic E-state index is 12.1. The van der Waals surface area contributed by atoms with Crippen LogP contribution in [-0.4, -0.2) is 25.0 Å². The second kappa shape index (κ2) is 7.17. The molecule has 124 valence electrons. The lowest BCUT2D eigenvalue weighted by Gasteiger charge is -2.19. The number of carbonyl (C=O) groups is 2. The van der Waals surface area contributed by atoms with Crippen LogP contribution in [0.4, 0.5) is 5.69 Å². The summed E-state index contributed by atoms with van der Waals surface area (Å²) in [7, 11) is 0. The fourth-order valence-corrected chi connectivity index (χ4v) is 2.73. The molecule has 0 radical (unpaired) electrons. The van der Waals surface area contributed by atoms with E-state index in [0.29, 0.717) is 24.3 Å². The van der Waals surface area contributed by atoms with Crippen molar-refractivity contribution >= 4 is 17.5 Å². The quantitative estimate of drug-likeness (QED) is 0.888. The van der Waals surface area contributed by atoms with Crippen LogP contribution >= 0.6 is 0 Å². The predicted octanol–water partition coefficient (Wildman–Crippen LogP) is 2.55. The van der Waals surface area contributed by atoms with Gasteiger partial charge in [0.1, 0.15) is 5.75 Å². The second-order valence-electron chi connectivity index (χ2n) is 5.68. The van der Waals surface area contributed by atoms with E-state index in [1.807, 2.05) is 24.3 Å². The van der Waals surface area contributed by atoms with Crippen molar-refractivity contribution in [2.75, 3.05) is 18.5 Å². The zero-order chi connectivity index (χ0) is 16.9. The first-order valence-electron chi connectivity index (χ1n) is 8.09. The van der Waals surface area contributed by atoms with E-state index in [-0.39, 0.29) is 18.4 Å². The van der Waals surface area contributed by atoms with E-state index in [0.717, 1.165) is 17.7 Å². The summed E-state index contributed by atoms with van der Waals surface area (Å²) in [5.74, 6) is 0.276. The van der Waals surface area contributed by atoms with Gasteiger partial charge in [-0.3, -0.25) is 9.59 Å². The Labute approximate surface area is 141 Å². The molecular weight excluding hydrogens is 304 g/mol. The van der Waals surface area contributed by atoms with E-state index < -0.39 is 0 Å². The number of hydrogen-bond donors (Lipinski definition) is 2. The third-order valence-corrected chi connectivity index (χ3v) is 4.04. The molecular formula is C19H20N2O3. The molecule has 2 N–H and O–H groups in total. The number of benzene rings is 2. The molecule has 3 rings (SSSR count). The SMILES string of the molecule is CCc1ccc(NC(=O)COc2cccc3c2CCNC3=O)cc1. The standard InChI is InChI=1S/C19H20N2O3/c1-2-13-6-8-14(9-7-13)21-18(22)12-24-17-5-3-4-16-15(17)10-11-20-19(16)23/h3-9H,2,10-12H2,1H3,(H,20,23)(H,21,22). The minimum Gasteiger partial charge on any atom is -0.483 e. The maximum Gasteiger partial charge on any atom is 0.262 e. The summed E-state index contributed by atoms with van der Waals surface area (Å²) in [6, 6.07) is 13.1. The Kier molecular flexibility index (Phi) is 4.79. The molecule has 0 aliphatic carbocycles. The molecule has 0 atom stereocenters. The average molecular weight is 324 g/mol. The van der Waals surface area contributed by atoms with Crippen molar-refractivity contribution in [1.82, 2.24) is 5.32 Å². The van der Waals surface area contributed by atoms with E-state index in [1.54, 1.807) is 18.2 Å². The molecule has 0 bridgehead atoms. The monoisotopic (exact) mass is 324 g/mol. The Hall–Kier alpha value is -2.82. The lowest BCUT2D eigenvalue weighted by Crippen LogP contribution is -2.32. The van der Waals surface area contributed by atoms with Gasteiger partial charge in [-0.05, 0) is 42.7 Å². The Morgan fingerprint density at radius 3 is 2.75 bits per heavy atom. The minimum atomic E-state index is -0.225. The first-order chi connectivity index (χ1) is 11.7. The number of fused-ring (bicyclic) bond motifs is 1. The van der Waals surface area contributed by atoms with Gasteiger partial charge in [0.25, 0.3) is 11.8 Å². The maximum absolute atomic E-state index is 12.1. The van der Waals surface area contributed by atoms with Gasteiger partial charge in [0.15, 0.2) is 6.61 Å². The molecule has 0 fully saturated rings. The molecule has 0 saturated carbocycles. The van der Waals surface area contributed by atoms with Gasteiger partial charge in [0, 0.05) is 23.4 Å². The summed E-state index contributed by atoms with van der Waals surface area (Å²) in [5.41, 5.74) is 3.45. The van der Waals surface area contributed by atoms with Gasteiger partial charge in [-0.15, -0.1) is 0 Å². The largest absolute Gasteiger partial charge is 0.483 e. The van der Waals surface area contributed by atoms with E-state index >= 15 is 0 Å². The van der Waals surface area contributed by atoms with Crippen molar-refractivity contribution in [3.8, 4) is 5.75 Å². The Morgan fingerprint density at radius 1 is 1.21 bits per heavy atom. The van der Waals surface area contributed by atoms with Crippen LogP contribution < -0.4 is 15.4 Å². The molecule has 1 aliphatic heterocycles. The van der Waals surface area contributed by atoms with E-state index in [1.165, 1.54) is 5.56 Å². The number of rotatable bonds is 5. The molecule has 24 heavy (non-hydrogen) atoms. The van der Waals surface area contributed by atoms with E-state index in [2.05, 4.69) is 17.6 Å². The number of ether oxygens (including phenoxy) is 1. The third kappa shape index (κ3) is 3.56. The second-order valence-corrected chi connectivity index (χ2v) is 5.68. The molecule has 1 aliphatic rings. The van der Waals surface area contributed by atoms with Crippen molar-refractivity contribution in [2.45, 2.75) is 19.8 Å². The number of carbonyl (C=O) groups excluding carboxylic acids is 2. The van der Waals surface area contributed by atoms with Crippen molar-refractivity contribution in [1.29, 1.82) is 0 Å². The number of nitrogens with one attached hydrogen (secondary N) is 2. The number of anilines is 1. The molecule has 0 aromatic heterocycles. The van der Waals surface area contributed by atoms with Gasteiger partial charge >= 0.3 is 0 Å². The number of amides is 2. The van der Waals surface area contributed by atoms with Crippen molar-refractivity contribution in [3.05, 3.63) is 59.2 Å². The minimum absolute atomic E-state index is 0.0897. The van der Waals surface area contributed by atoms with Gasteiger partial charge in [-0.25, -0.2) is 0 Å². The average Bonchev–Trinajstić information content (AvgIpc) is 2.61. The number of hydrogen-bond acceptors (Lipinski definition) is 3. The van der Waals surface area contributed by atoms with Gasteiger partial charge in [0.05, 0.1) is 0 Å². The molecule has 5 nitrogen and oxygen atoms in total. The highest BCUT2D eigenvalue weighted by atomic mass is 16.5. The summed E-state index contributed by atoms with van der Waals surface area (Å²) in [4.78, 5) is 23.9. The fourth-order valence-electron chi connectivity index (χ4n) is 2.73. The van der Waals surface area contributed by atoms with Crippen LogP contribution in [0.5, 0.6) is 5.75 Å². The van der Waals surface area contributed by atoms with Gasteiger partial charge < -0.3 is 15.4 Å². The van der Waals surface area contributed by atoms with Crippen molar-refractivity contribution < 1.29 is 14.3 Å². The molecule has 2 aromatic rings. The van der Waals surface area contributed by atoms with Gasteiger partial charge in [-0.2, -0.15) is 0 Å². The highest BCUT2D eigenvalue weighted by molar-refractivity contribution is 5.97. The highest BCUT2D eigenvalue weighted by Crippen LogP contribution is 2.25. The third-order valence-electron chi connectivity index (χ3n) is 4.04. The molecule has 2 aromatic carbocycles. The molecule has 1 heterocycles. The zero-order valence-corrected chi connectivity index (χ0v) is 13.6. The summed E-state index contributed by atoms with van der Waals surface area (Å²) in [6.07, 6.45) is 1.67. The van der Waals surface area contributed by atoms with Crippen LogP contribution in [0.1, 0.15) is 28.4 Å². The summed E-state index contributed by atoms with van der Waals surface area (Å²) >= 11 is 0. The molecule has 2 amide bonds. The van der Waals surface area contributed by atoms with Gasteiger partial charge in [-0.1, -0.05) is 25.1 Å². The highest BCUT2D eigenvalue weighted by Gasteiger charge is 2.20. The first kappa shape index (κ1) is 16.1. The molecule has 0 unspecified atom stereocenters. The van der Waals surface area contributed by atoms with Crippen LogP contribution in [0.2, 0.25) is 0 Å². The van der Waals surface area contributed by atoms with Crippen LogP contribution in [-0.2, 0) is 17.6 Å². The molecule has 0 saturated heterocycles. The number of aryl methyl sites for hydroxylation is 1. The topological polar surface area (TPSA) is 67.4 Å². The summed E-state index contributed by atoms with van der Waals surface area (Å²) in [5, 5.41) is 5.61. The van der Waals surface area contributed by atoms with Crippen LogP contribution in [0.3, 0.4) is 0 Å². The van der Waals surface area contributed by atoms with Crippen LogP contribution in [0, 0.1) is 0 Å². The lowest BCUT2D eigenvalue weighted by molar-refractivity contribution is -0.118. The normalized spacial score (nSPS) is 13.0. The van der Waals surface area contributed by atoms with Crippen LogP contribution in [0.25, 0.3) is 0 Å². The van der Waals surface area contributed by atoms with Crippen molar-refractivity contribution in [2.24, 2.45) is 0 Å². The van der Waals surface area contributed by atoms with E-state index in [9.17, 15) is 9.59 Å².